The van der Waals surface area contributed by atoms with Gasteiger partial charge in [0.05, 0.1) is 18.7 Å². The molecule has 0 N–H and O–H groups in total. The first kappa shape index (κ1) is 21.5. The van der Waals surface area contributed by atoms with E-state index in [4.69, 9.17) is 9.47 Å². The van der Waals surface area contributed by atoms with Crippen LogP contribution in [-0.4, -0.2) is 42.1 Å². The number of rotatable bonds is 2. The highest BCUT2D eigenvalue weighted by Crippen LogP contribution is 2.56. The standard InChI is InChI=1S/C22H29F2NO4/c1-20(2,3)29-19(27)25-12-11-21(9-10-22(23,24)14-21)13-17(25)15-5-7-16(8-6-15)18(26)28-4/h5-8,17H,9-14H2,1-4H3/t17-,21?/m1/s1. The summed E-state index contributed by atoms with van der Waals surface area (Å²) in [5, 5.41) is 0. The van der Waals surface area contributed by atoms with Gasteiger partial charge >= 0.3 is 12.1 Å². The molecule has 1 aromatic rings. The van der Waals surface area contributed by atoms with Crippen LogP contribution in [-0.2, 0) is 9.47 Å². The van der Waals surface area contributed by atoms with Crippen LogP contribution in [0.2, 0.25) is 0 Å². The van der Waals surface area contributed by atoms with E-state index in [-0.39, 0.29) is 18.9 Å². The van der Waals surface area contributed by atoms with E-state index in [0.717, 1.165) is 5.56 Å². The molecule has 1 unspecified atom stereocenters. The molecule has 2 aliphatic rings. The summed E-state index contributed by atoms with van der Waals surface area (Å²) in [4.78, 5) is 26.2. The van der Waals surface area contributed by atoms with Gasteiger partial charge in [-0.25, -0.2) is 18.4 Å². The van der Waals surface area contributed by atoms with Gasteiger partial charge in [0.25, 0.3) is 0 Å². The number of nitrogens with zero attached hydrogens (tertiary/aromatic N) is 1. The lowest BCUT2D eigenvalue weighted by atomic mass is 9.72. The van der Waals surface area contributed by atoms with Crippen molar-refractivity contribution in [3.63, 3.8) is 0 Å². The van der Waals surface area contributed by atoms with Gasteiger partial charge in [-0.1, -0.05) is 12.1 Å². The van der Waals surface area contributed by atoms with E-state index >= 15 is 0 Å². The summed E-state index contributed by atoms with van der Waals surface area (Å²) in [5.41, 5.74) is 0.0790. The largest absolute Gasteiger partial charge is 0.465 e. The number of hydrogen-bond donors (Lipinski definition) is 0. The minimum atomic E-state index is -2.65. The van der Waals surface area contributed by atoms with Crippen LogP contribution in [0.25, 0.3) is 0 Å². The topological polar surface area (TPSA) is 55.8 Å². The Morgan fingerprint density at radius 3 is 2.28 bits per heavy atom. The average molecular weight is 409 g/mol. The first-order valence-corrected chi connectivity index (χ1v) is 9.99. The monoisotopic (exact) mass is 409 g/mol. The third kappa shape index (κ3) is 4.87. The van der Waals surface area contributed by atoms with Crippen LogP contribution in [0.15, 0.2) is 24.3 Å². The Morgan fingerprint density at radius 2 is 1.76 bits per heavy atom. The number of benzene rings is 1. The number of carbonyl (C=O) groups is 2. The Bertz CT molecular complexity index is 772. The summed E-state index contributed by atoms with van der Waals surface area (Å²) in [6.45, 7) is 5.77. The third-order valence-corrected chi connectivity index (χ3v) is 5.88. The summed E-state index contributed by atoms with van der Waals surface area (Å²) in [6, 6.07) is 6.43. The second kappa shape index (κ2) is 7.58. The molecule has 1 spiro atoms. The molecule has 2 atom stereocenters. The van der Waals surface area contributed by atoms with Crippen LogP contribution in [0.4, 0.5) is 13.6 Å². The average Bonchev–Trinajstić information content (AvgIpc) is 2.93. The van der Waals surface area contributed by atoms with Crippen molar-refractivity contribution in [3.8, 4) is 0 Å². The molecule has 160 valence electrons. The van der Waals surface area contributed by atoms with Crippen LogP contribution in [0.5, 0.6) is 0 Å². The molecule has 1 aromatic carbocycles. The molecule has 1 saturated heterocycles. The van der Waals surface area contributed by atoms with Gasteiger partial charge in [0.15, 0.2) is 0 Å². The lowest BCUT2D eigenvalue weighted by molar-refractivity contribution is -0.0305. The molecule has 0 aromatic heterocycles. The Kier molecular flexibility index (Phi) is 5.62. The van der Waals surface area contributed by atoms with Crippen molar-refractivity contribution >= 4 is 12.1 Å². The molecule has 29 heavy (non-hydrogen) atoms. The van der Waals surface area contributed by atoms with E-state index in [1.165, 1.54) is 7.11 Å². The number of halogens is 2. The Labute approximate surface area is 170 Å². The number of likely N-dealkylation sites (tertiary alicyclic amines) is 1. The predicted molar refractivity (Wildman–Crippen MR) is 104 cm³/mol. The third-order valence-electron chi connectivity index (χ3n) is 5.88. The molecule has 1 aliphatic carbocycles. The van der Waals surface area contributed by atoms with Crippen LogP contribution in [0.1, 0.15) is 74.8 Å². The molecule has 0 radical (unpaired) electrons. The molecule has 7 heteroatoms. The van der Waals surface area contributed by atoms with Gasteiger partial charge < -0.3 is 14.4 Å². The minimum absolute atomic E-state index is 0.104. The predicted octanol–water partition coefficient (Wildman–Crippen LogP) is 5.35. The number of amides is 1. The summed E-state index contributed by atoms with van der Waals surface area (Å²) >= 11 is 0. The number of piperidine rings is 1. The zero-order valence-corrected chi connectivity index (χ0v) is 17.5. The van der Waals surface area contributed by atoms with E-state index in [1.807, 2.05) is 0 Å². The van der Waals surface area contributed by atoms with E-state index < -0.39 is 29.0 Å². The quantitative estimate of drug-likeness (QED) is 0.618. The minimum Gasteiger partial charge on any atom is -0.465 e. The van der Waals surface area contributed by atoms with Crippen molar-refractivity contribution in [1.82, 2.24) is 4.90 Å². The van der Waals surface area contributed by atoms with Crippen molar-refractivity contribution in [2.75, 3.05) is 13.7 Å². The number of esters is 1. The number of methoxy groups -OCH3 is 1. The first-order valence-electron chi connectivity index (χ1n) is 9.99. The van der Waals surface area contributed by atoms with E-state index in [0.29, 0.717) is 31.4 Å². The second-order valence-corrected chi connectivity index (χ2v) is 9.29. The zero-order valence-electron chi connectivity index (χ0n) is 17.5. The molecular formula is C22H29F2NO4. The Hall–Kier alpha value is -2.18. The summed E-state index contributed by atoms with van der Waals surface area (Å²) < 4.78 is 38.3. The van der Waals surface area contributed by atoms with Gasteiger partial charge in [0.1, 0.15) is 5.60 Å². The molecule has 2 fully saturated rings. The van der Waals surface area contributed by atoms with Gasteiger partial charge in [-0.3, -0.25) is 0 Å². The Morgan fingerprint density at radius 1 is 1.10 bits per heavy atom. The van der Waals surface area contributed by atoms with Crippen molar-refractivity contribution < 1.29 is 27.8 Å². The van der Waals surface area contributed by atoms with Crippen LogP contribution in [0.3, 0.4) is 0 Å². The lowest BCUT2D eigenvalue weighted by Crippen LogP contribution is -2.46. The van der Waals surface area contributed by atoms with Crippen molar-refractivity contribution in [2.45, 2.75) is 70.4 Å². The second-order valence-electron chi connectivity index (χ2n) is 9.29. The molecule has 0 bridgehead atoms. The van der Waals surface area contributed by atoms with Gasteiger partial charge in [-0.05, 0) is 63.1 Å². The van der Waals surface area contributed by atoms with E-state index in [1.54, 1.807) is 49.9 Å². The number of alkyl halides is 2. The smallest absolute Gasteiger partial charge is 0.410 e. The molecule has 5 nitrogen and oxygen atoms in total. The first-order chi connectivity index (χ1) is 13.4. The van der Waals surface area contributed by atoms with Gasteiger partial charge in [-0.2, -0.15) is 0 Å². The fourth-order valence-electron chi connectivity index (χ4n) is 4.49. The van der Waals surface area contributed by atoms with Crippen molar-refractivity contribution in [1.29, 1.82) is 0 Å². The van der Waals surface area contributed by atoms with Gasteiger partial charge in [0.2, 0.25) is 5.92 Å². The molecule has 1 heterocycles. The van der Waals surface area contributed by atoms with Crippen LogP contribution in [0, 0.1) is 5.41 Å². The molecule has 1 amide bonds. The van der Waals surface area contributed by atoms with Crippen LogP contribution >= 0.6 is 0 Å². The molecule has 1 aliphatic heterocycles. The fourth-order valence-corrected chi connectivity index (χ4v) is 4.49. The number of hydrogen-bond acceptors (Lipinski definition) is 4. The van der Waals surface area contributed by atoms with E-state index in [2.05, 4.69) is 0 Å². The highest BCUT2D eigenvalue weighted by molar-refractivity contribution is 5.89. The SMILES string of the molecule is COC(=O)c1ccc([C@H]2CC3(CCN2C(=O)OC(C)(C)C)CCC(F)(F)C3)cc1. The lowest BCUT2D eigenvalue weighted by Gasteiger charge is -2.45. The van der Waals surface area contributed by atoms with E-state index in [9.17, 15) is 18.4 Å². The Balaban J connectivity index is 1.89. The van der Waals surface area contributed by atoms with Crippen LogP contribution < -0.4 is 0 Å². The maximum absolute atomic E-state index is 14.0. The zero-order chi connectivity index (χ0) is 21.4. The number of carbonyl (C=O) groups excluding carboxylic acids is 2. The van der Waals surface area contributed by atoms with Gasteiger partial charge in [-0.15, -0.1) is 0 Å². The highest BCUT2D eigenvalue weighted by atomic mass is 19.3. The summed E-state index contributed by atoms with van der Waals surface area (Å²) in [5.74, 6) is -3.09. The van der Waals surface area contributed by atoms with Gasteiger partial charge in [0, 0.05) is 19.4 Å². The number of ether oxygens (including phenoxy) is 2. The highest BCUT2D eigenvalue weighted by Gasteiger charge is 2.53. The maximum Gasteiger partial charge on any atom is 0.410 e. The molecule has 3 rings (SSSR count). The summed E-state index contributed by atoms with van der Waals surface area (Å²) in [6.07, 6.45) is 0.766. The summed E-state index contributed by atoms with van der Waals surface area (Å²) in [7, 11) is 1.31. The van der Waals surface area contributed by atoms with Crippen molar-refractivity contribution in [2.24, 2.45) is 5.41 Å². The normalized spacial score (nSPS) is 26.4. The molecular weight excluding hydrogens is 380 g/mol. The molecule has 1 saturated carbocycles. The fraction of sp³-hybridized carbons (Fsp3) is 0.636. The maximum atomic E-state index is 14.0. The van der Waals surface area contributed by atoms with Crippen molar-refractivity contribution in [3.05, 3.63) is 35.4 Å².